The maximum Gasteiger partial charge on any atom is 0.255 e. The second kappa shape index (κ2) is 9.55. The van der Waals surface area contributed by atoms with Gasteiger partial charge in [0.25, 0.3) is 5.91 Å². The van der Waals surface area contributed by atoms with Crippen LogP contribution in [0.5, 0.6) is 0 Å². The highest BCUT2D eigenvalue weighted by Gasteiger charge is 2.29. The van der Waals surface area contributed by atoms with Crippen molar-refractivity contribution in [3.05, 3.63) is 90.0 Å². The van der Waals surface area contributed by atoms with Gasteiger partial charge in [0.2, 0.25) is 10.0 Å². The average Bonchev–Trinajstić information content (AvgIpc) is 3.09. The predicted octanol–water partition coefficient (Wildman–Crippen LogP) is 3.16. The molecule has 1 aliphatic heterocycles. The van der Waals surface area contributed by atoms with E-state index in [1.165, 1.54) is 16.4 Å². The van der Waals surface area contributed by atoms with Crippen LogP contribution in [0.4, 0.5) is 4.39 Å². The monoisotopic (exact) mass is 493 g/mol. The fourth-order valence-electron chi connectivity index (χ4n) is 4.24. The maximum atomic E-state index is 13.2. The van der Waals surface area contributed by atoms with Gasteiger partial charge in [-0.05, 0) is 42.3 Å². The van der Waals surface area contributed by atoms with Crippen LogP contribution in [0, 0.1) is 5.82 Å². The number of pyridine rings is 1. The lowest BCUT2D eigenvalue weighted by atomic mass is 10.2. The van der Waals surface area contributed by atoms with Crippen molar-refractivity contribution < 1.29 is 17.6 Å². The number of hydrogen-bond donors (Lipinski definition) is 0. The molecule has 0 aliphatic carbocycles. The molecule has 1 fully saturated rings. The van der Waals surface area contributed by atoms with Crippen molar-refractivity contribution in [2.45, 2.75) is 17.9 Å². The summed E-state index contributed by atoms with van der Waals surface area (Å²) in [7, 11) is -3.76. The van der Waals surface area contributed by atoms with Crippen LogP contribution in [-0.4, -0.2) is 64.5 Å². The van der Waals surface area contributed by atoms with Gasteiger partial charge in [0.1, 0.15) is 5.82 Å². The van der Waals surface area contributed by atoms with Gasteiger partial charge in [-0.2, -0.15) is 9.40 Å². The lowest BCUT2D eigenvalue weighted by molar-refractivity contribution is 0.0764. The van der Waals surface area contributed by atoms with Crippen molar-refractivity contribution in [1.29, 1.82) is 0 Å². The van der Waals surface area contributed by atoms with E-state index in [-0.39, 0.29) is 30.4 Å². The predicted molar refractivity (Wildman–Crippen MR) is 129 cm³/mol. The van der Waals surface area contributed by atoms with E-state index >= 15 is 0 Å². The molecule has 2 aromatic heterocycles. The number of carbonyl (C=O) groups excluding carboxylic acids is 1. The van der Waals surface area contributed by atoms with Crippen molar-refractivity contribution in [2.75, 3.05) is 26.2 Å². The molecule has 35 heavy (non-hydrogen) atoms. The summed E-state index contributed by atoms with van der Waals surface area (Å²) in [5.41, 5.74) is 2.23. The van der Waals surface area contributed by atoms with E-state index in [1.54, 1.807) is 28.0 Å². The summed E-state index contributed by atoms with van der Waals surface area (Å²) in [4.78, 5) is 19.4. The van der Waals surface area contributed by atoms with E-state index in [0.29, 0.717) is 30.7 Å². The first-order valence-electron chi connectivity index (χ1n) is 11.3. The van der Waals surface area contributed by atoms with Gasteiger partial charge in [-0.25, -0.2) is 22.5 Å². The molecule has 2 aromatic carbocycles. The molecule has 0 radical (unpaired) electrons. The summed E-state index contributed by atoms with van der Waals surface area (Å²) in [6.07, 6.45) is 3.74. The quantitative estimate of drug-likeness (QED) is 0.426. The standard InChI is InChI=1S/C25H24FN5O3S/c26-22-7-9-23(10-8-22)35(33,34)30-12-4-11-29(13-14-30)25(32)21-15-20-17-28-31(24(20)27-16-21)18-19-5-2-1-3-6-19/h1-3,5-10,15-17H,4,11-14,18H2. The normalized spacial score (nSPS) is 15.3. The van der Waals surface area contributed by atoms with Crippen molar-refractivity contribution in [2.24, 2.45) is 0 Å². The smallest absolute Gasteiger partial charge is 0.255 e. The van der Waals surface area contributed by atoms with Gasteiger partial charge >= 0.3 is 0 Å². The van der Waals surface area contributed by atoms with Crippen LogP contribution in [0.25, 0.3) is 11.0 Å². The third-order valence-corrected chi connectivity index (χ3v) is 8.00. The molecule has 5 rings (SSSR count). The molecule has 0 saturated carbocycles. The van der Waals surface area contributed by atoms with E-state index < -0.39 is 15.8 Å². The minimum Gasteiger partial charge on any atom is -0.337 e. The highest BCUT2D eigenvalue weighted by Crippen LogP contribution is 2.20. The van der Waals surface area contributed by atoms with Gasteiger partial charge < -0.3 is 4.90 Å². The first-order valence-corrected chi connectivity index (χ1v) is 12.8. The summed E-state index contributed by atoms with van der Waals surface area (Å²) < 4.78 is 42.3. The number of aromatic nitrogens is 3. The molecule has 180 valence electrons. The number of hydrogen-bond acceptors (Lipinski definition) is 5. The van der Waals surface area contributed by atoms with Crippen LogP contribution >= 0.6 is 0 Å². The Kier molecular flexibility index (Phi) is 6.31. The molecule has 1 saturated heterocycles. The number of sulfonamides is 1. The molecule has 0 atom stereocenters. The number of amides is 1. The molecular weight excluding hydrogens is 469 g/mol. The second-order valence-electron chi connectivity index (χ2n) is 8.43. The van der Waals surface area contributed by atoms with Gasteiger partial charge in [0.05, 0.1) is 23.2 Å². The molecule has 0 bridgehead atoms. The van der Waals surface area contributed by atoms with Gasteiger partial charge in [-0.15, -0.1) is 0 Å². The van der Waals surface area contributed by atoms with E-state index in [0.717, 1.165) is 23.1 Å². The van der Waals surface area contributed by atoms with Crippen LogP contribution in [-0.2, 0) is 16.6 Å². The molecule has 0 unspecified atom stereocenters. The Balaban J connectivity index is 1.29. The van der Waals surface area contributed by atoms with Crippen molar-refractivity contribution in [3.8, 4) is 0 Å². The molecule has 0 spiro atoms. The van der Waals surface area contributed by atoms with E-state index in [2.05, 4.69) is 10.1 Å². The Labute approximate surface area is 202 Å². The van der Waals surface area contributed by atoms with Gasteiger partial charge in [-0.3, -0.25) is 4.79 Å². The highest BCUT2D eigenvalue weighted by atomic mass is 32.2. The van der Waals surface area contributed by atoms with Crippen molar-refractivity contribution in [3.63, 3.8) is 0 Å². The number of benzene rings is 2. The van der Waals surface area contributed by atoms with E-state index in [4.69, 9.17) is 0 Å². The first kappa shape index (κ1) is 23.1. The molecule has 10 heteroatoms. The Bertz CT molecular complexity index is 1460. The Hall–Kier alpha value is -3.63. The van der Waals surface area contributed by atoms with Gasteiger partial charge in [-0.1, -0.05) is 30.3 Å². The van der Waals surface area contributed by atoms with Crippen LogP contribution in [0.15, 0.2) is 78.0 Å². The van der Waals surface area contributed by atoms with Gasteiger partial charge in [0.15, 0.2) is 5.65 Å². The zero-order chi connectivity index (χ0) is 24.4. The second-order valence-corrected chi connectivity index (χ2v) is 10.4. The van der Waals surface area contributed by atoms with Crippen LogP contribution in [0.2, 0.25) is 0 Å². The zero-order valence-electron chi connectivity index (χ0n) is 18.9. The number of halogens is 1. The Morgan fingerprint density at radius 2 is 1.71 bits per heavy atom. The minimum absolute atomic E-state index is 0.0424. The topological polar surface area (TPSA) is 88.4 Å². The molecular formula is C25H24FN5O3S. The number of nitrogens with zero attached hydrogens (tertiary/aromatic N) is 5. The fraction of sp³-hybridized carbons (Fsp3) is 0.240. The maximum absolute atomic E-state index is 13.2. The molecule has 8 nitrogen and oxygen atoms in total. The summed E-state index contributed by atoms with van der Waals surface area (Å²) >= 11 is 0. The summed E-state index contributed by atoms with van der Waals surface area (Å²) in [5, 5.41) is 5.19. The number of fused-ring (bicyclic) bond motifs is 1. The SMILES string of the molecule is O=C(c1cnc2c(cnn2Cc2ccccc2)c1)N1CCCN(S(=O)(=O)c2ccc(F)cc2)CC1. The molecule has 1 amide bonds. The third kappa shape index (κ3) is 4.80. The summed E-state index contributed by atoms with van der Waals surface area (Å²) in [6, 6.07) is 16.5. The van der Waals surface area contributed by atoms with Crippen LogP contribution < -0.4 is 0 Å². The third-order valence-electron chi connectivity index (χ3n) is 6.09. The van der Waals surface area contributed by atoms with Crippen LogP contribution in [0.1, 0.15) is 22.3 Å². The first-order chi connectivity index (χ1) is 16.9. The highest BCUT2D eigenvalue weighted by molar-refractivity contribution is 7.89. The largest absolute Gasteiger partial charge is 0.337 e. The summed E-state index contributed by atoms with van der Waals surface area (Å²) in [6.45, 7) is 1.71. The van der Waals surface area contributed by atoms with Gasteiger partial charge in [0, 0.05) is 37.8 Å². The lowest BCUT2D eigenvalue weighted by Gasteiger charge is -2.22. The van der Waals surface area contributed by atoms with Crippen molar-refractivity contribution in [1.82, 2.24) is 24.0 Å². The fourth-order valence-corrected chi connectivity index (χ4v) is 5.71. The molecule has 0 N–H and O–H groups in total. The molecule has 4 aromatic rings. The number of rotatable bonds is 5. The van der Waals surface area contributed by atoms with Crippen LogP contribution in [0.3, 0.4) is 0 Å². The Morgan fingerprint density at radius 3 is 2.49 bits per heavy atom. The molecule has 3 heterocycles. The summed E-state index contributed by atoms with van der Waals surface area (Å²) in [5.74, 6) is -0.691. The number of carbonyl (C=O) groups is 1. The van der Waals surface area contributed by atoms with E-state index in [9.17, 15) is 17.6 Å². The van der Waals surface area contributed by atoms with Crippen molar-refractivity contribution >= 4 is 27.0 Å². The Morgan fingerprint density at radius 1 is 0.943 bits per heavy atom. The average molecular weight is 494 g/mol. The lowest BCUT2D eigenvalue weighted by Crippen LogP contribution is -2.37. The minimum atomic E-state index is -3.76. The van der Waals surface area contributed by atoms with E-state index in [1.807, 2.05) is 30.3 Å². The molecule has 1 aliphatic rings. The zero-order valence-corrected chi connectivity index (χ0v) is 19.7.